The van der Waals surface area contributed by atoms with E-state index in [-0.39, 0.29) is 23.6 Å². The average molecular weight is 343 g/mol. The molecule has 24 heavy (non-hydrogen) atoms. The number of aromatic nitrogens is 1. The van der Waals surface area contributed by atoms with E-state index >= 15 is 0 Å². The molecule has 0 bridgehead atoms. The largest absolute Gasteiger partial charge is 0.618 e. The van der Waals surface area contributed by atoms with Crippen LogP contribution in [0.5, 0.6) is 0 Å². The van der Waals surface area contributed by atoms with Gasteiger partial charge in [0.05, 0.1) is 17.0 Å². The molecule has 0 radical (unpaired) electrons. The number of nitrogens with one attached hydrogen (secondary N) is 2. The Kier molecular flexibility index (Phi) is 5.00. The molecule has 1 aliphatic rings. The number of hydrogen-bond acceptors (Lipinski definition) is 4. The van der Waals surface area contributed by atoms with E-state index in [0.717, 1.165) is 29.3 Å². The minimum absolute atomic E-state index is 0.0881. The molecular weight excluding hydrogens is 326 g/mol. The second kappa shape index (κ2) is 7.35. The fraction of sp³-hybridized carbons (Fsp3) is 0.235. The summed E-state index contributed by atoms with van der Waals surface area (Å²) in [5, 5.41) is 17.7. The van der Waals surface area contributed by atoms with Crippen molar-refractivity contribution in [1.82, 2.24) is 5.32 Å². The van der Waals surface area contributed by atoms with Crippen LogP contribution >= 0.6 is 11.8 Å². The number of benzene rings is 1. The monoisotopic (exact) mass is 343 g/mol. The number of pyridine rings is 1. The molecular formula is C17H17N3O3S. The normalized spacial score (nSPS) is 13.3. The molecule has 6 nitrogen and oxygen atoms in total. The van der Waals surface area contributed by atoms with Gasteiger partial charge in [-0.1, -0.05) is 12.1 Å². The van der Waals surface area contributed by atoms with Crippen LogP contribution in [0.4, 0.5) is 5.69 Å². The Morgan fingerprint density at radius 1 is 1.17 bits per heavy atom. The van der Waals surface area contributed by atoms with Gasteiger partial charge in [-0.25, -0.2) is 0 Å². The maximum atomic E-state index is 12.2. The van der Waals surface area contributed by atoms with Gasteiger partial charge in [-0.15, -0.1) is 0 Å². The Hall–Kier alpha value is -2.54. The molecule has 1 heterocycles. The van der Waals surface area contributed by atoms with E-state index in [1.165, 1.54) is 6.20 Å². The van der Waals surface area contributed by atoms with Gasteiger partial charge < -0.3 is 15.8 Å². The molecule has 1 aromatic carbocycles. The molecule has 124 valence electrons. The van der Waals surface area contributed by atoms with Gasteiger partial charge in [0, 0.05) is 18.2 Å². The zero-order valence-electron chi connectivity index (χ0n) is 12.9. The molecule has 0 saturated heterocycles. The third-order valence-corrected chi connectivity index (χ3v) is 4.52. The van der Waals surface area contributed by atoms with Crippen LogP contribution in [-0.2, 0) is 4.79 Å². The number of para-hydroxylation sites is 1. The molecule has 1 saturated carbocycles. The first kappa shape index (κ1) is 16.3. The van der Waals surface area contributed by atoms with Crippen molar-refractivity contribution < 1.29 is 14.3 Å². The zero-order valence-corrected chi connectivity index (χ0v) is 13.7. The highest BCUT2D eigenvalue weighted by Gasteiger charge is 2.25. The summed E-state index contributed by atoms with van der Waals surface area (Å²) in [5.74, 6) is -0.359. The Morgan fingerprint density at radius 3 is 2.67 bits per heavy atom. The van der Waals surface area contributed by atoms with E-state index < -0.39 is 0 Å². The van der Waals surface area contributed by atoms with Crippen molar-refractivity contribution in [3.8, 4) is 0 Å². The highest BCUT2D eigenvalue weighted by Crippen LogP contribution is 2.22. The number of amides is 2. The molecule has 1 aromatic heterocycles. The number of anilines is 1. The lowest BCUT2D eigenvalue weighted by Crippen LogP contribution is -2.29. The van der Waals surface area contributed by atoms with Crippen LogP contribution in [0.15, 0.2) is 53.7 Å². The second-order valence-corrected chi connectivity index (χ2v) is 6.49. The quantitative estimate of drug-likeness (QED) is 0.477. The Balaban J connectivity index is 1.61. The molecule has 2 N–H and O–H groups in total. The van der Waals surface area contributed by atoms with Gasteiger partial charge in [0.15, 0.2) is 6.20 Å². The van der Waals surface area contributed by atoms with Crippen LogP contribution < -0.4 is 15.4 Å². The van der Waals surface area contributed by atoms with Crippen molar-refractivity contribution in [1.29, 1.82) is 0 Å². The Morgan fingerprint density at radius 2 is 1.92 bits per heavy atom. The first-order valence-corrected chi connectivity index (χ1v) is 8.63. The third-order valence-electron chi connectivity index (χ3n) is 3.50. The highest BCUT2D eigenvalue weighted by atomic mass is 32.2. The van der Waals surface area contributed by atoms with Crippen LogP contribution in [0.25, 0.3) is 0 Å². The summed E-state index contributed by atoms with van der Waals surface area (Å²) < 4.78 is 0.717. The van der Waals surface area contributed by atoms with Crippen LogP contribution in [-0.4, -0.2) is 23.6 Å². The predicted octanol–water partition coefficient (Wildman–Crippen LogP) is 1.94. The molecule has 0 spiro atoms. The first-order valence-electron chi connectivity index (χ1n) is 7.64. The van der Waals surface area contributed by atoms with Crippen LogP contribution in [0.3, 0.4) is 0 Å². The van der Waals surface area contributed by atoms with Crippen molar-refractivity contribution >= 4 is 29.3 Å². The van der Waals surface area contributed by atoms with E-state index in [1.54, 1.807) is 42.5 Å². The molecule has 2 aromatic rings. The topological polar surface area (TPSA) is 85.1 Å². The summed E-state index contributed by atoms with van der Waals surface area (Å²) in [6.07, 6.45) is 3.39. The average Bonchev–Trinajstić information content (AvgIpc) is 3.38. The van der Waals surface area contributed by atoms with Gasteiger partial charge in [-0.05, 0) is 42.8 Å². The second-order valence-electron chi connectivity index (χ2n) is 5.49. The highest BCUT2D eigenvalue weighted by molar-refractivity contribution is 7.99. The van der Waals surface area contributed by atoms with Gasteiger partial charge in [0.2, 0.25) is 5.91 Å². The summed E-state index contributed by atoms with van der Waals surface area (Å²) in [7, 11) is 0. The first-order chi connectivity index (χ1) is 11.6. The van der Waals surface area contributed by atoms with Crippen molar-refractivity contribution in [2.45, 2.75) is 23.9 Å². The van der Waals surface area contributed by atoms with Crippen LogP contribution in [0.1, 0.15) is 23.2 Å². The van der Waals surface area contributed by atoms with Gasteiger partial charge in [0.25, 0.3) is 10.9 Å². The lowest BCUT2D eigenvalue weighted by molar-refractivity contribution is -0.645. The SMILES string of the molecule is O=C(CSc1cccc[n+]1[O-])Nc1ccccc1C(=O)NC1CC1. The van der Waals surface area contributed by atoms with Crippen molar-refractivity contribution in [2.75, 3.05) is 11.1 Å². The molecule has 0 atom stereocenters. The van der Waals surface area contributed by atoms with Crippen molar-refractivity contribution in [3.05, 3.63) is 59.4 Å². The lowest BCUT2D eigenvalue weighted by Gasteiger charge is -2.11. The van der Waals surface area contributed by atoms with E-state index in [0.29, 0.717) is 16.3 Å². The minimum Gasteiger partial charge on any atom is -0.618 e. The number of rotatable bonds is 6. The minimum atomic E-state index is -0.268. The molecule has 7 heteroatoms. The fourth-order valence-corrected chi connectivity index (χ4v) is 2.85. The standard InChI is InChI=1S/C17H17N3O3S/c21-15(11-24-16-7-3-4-10-20(16)23)19-14-6-2-1-5-13(14)17(22)18-12-8-9-12/h1-7,10,12H,8-9,11H2,(H,18,22)(H,19,21). The Bertz CT molecular complexity index is 762. The van der Waals surface area contributed by atoms with Gasteiger partial charge >= 0.3 is 0 Å². The van der Waals surface area contributed by atoms with E-state index in [4.69, 9.17) is 0 Å². The van der Waals surface area contributed by atoms with E-state index in [2.05, 4.69) is 10.6 Å². The van der Waals surface area contributed by atoms with Gasteiger partial charge in [0.1, 0.15) is 0 Å². The summed E-state index contributed by atoms with van der Waals surface area (Å²) in [5.41, 5.74) is 0.922. The fourth-order valence-electron chi connectivity index (χ4n) is 2.13. The summed E-state index contributed by atoms with van der Waals surface area (Å²) in [6.45, 7) is 0. The number of carbonyl (C=O) groups excluding carboxylic acids is 2. The molecule has 3 rings (SSSR count). The summed E-state index contributed by atoms with van der Waals surface area (Å²) >= 11 is 1.15. The third kappa shape index (κ3) is 4.26. The van der Waals surface area contributed by atoms with Crippen LogP contribution in [0, 0.1) is 5.21 Å². The lowest BCUT2D eigenvalue weighted by atomic mass is 10.1. The van der Waals surface area contributed by atoms with Crippen molar-refractivity contribution in [2.24, 2.45) is 0 Å². The zero-order chi connectivity index (χ0) is 16.9. The van der Waals surface area contributed by atoms with E-state index in [9.17, 15) is 14.8 Å². The van der Waals surface area contributed by atoms with Crippen LogP contribution in [0.2, 0.25) is 0 Å². The van der Waals surface area contributed by atoms with Crippen molar-refractivity contribution in [3.63, 3.8) is 0 Å². The molecule has 0 aliphatic heterocycles. The number of thioether (sulfide) groups is 1. The summed E-state index contributed by atoms with van der Waals surface area (Å²) in [4.78, 5) is 24.3. The predicted molar refractivity (Wildman–Crippen MR) is 91.7 cm³/mol. The van der Waals surface area contributed by atoms with Gasteiger partial charge in [-0.2, -0.15) is 4.73 Å². The summed E-state index contributed by atoms with van der Waals surface area (Å²) in [6, 6.07) is 12.2. The maximum Gasteiger partial charge on any atom is 0.253 e. The molecule has 1 aliphatic carbocycles. The maximum absolute atomic E-state index is 12.2. The Labute approximate surface area is 143 Å². The number of nitrogens with zero attached hydrogens (tertiary/aromatic N) is 1. The smallest absolute Gasteiger partial charge is 0.253 e. The number of carbonyl (C=O) groups is 2. The van der Waals surface area contributed by atoms with E-state index in [1.807, 2.05) is 0 Å². The van der Waals surface area contributed by atoms with Gasteiger partial charge in [-0.3, -0.25) is 9.59 Å². The molecule has 1 fully saturated rings. The molecule has 0 unspecified atom stereocenters. The number of hydrogen-bond donors (Lipinski definition) is 2. The molecule has 2 amide bonds.